The van der Waals surface area contributed by atoms with E-state index in [9.17, 15) is 5.11 Å². The van der Waals surface area contributed by atoms with Gasteiger partial charge in [0.1, 0.15) is 0 Å². The van der Waals surface area contributed by atoms with E-state index in [4.69, 9.17) is 0 Å². The molecule has 1 N–H and O–H groups in total. The molecule has 0 spiro atoms. The molecule has 1 aliphatic heterocycles. The van der Waals surface area contributed by atoms with Gasteiger partial charge in [0.25, 0.3) is 0 Å². The van der Waals surface area contributed by atoms with E-state index in [-0.39, 0.29) is 5.92 Å². The summed E-state index contributed by atoms with van der Waals surface area (Å²) in [7, 11) is 2.20. The Morgan fingerprint density at radius 2 is 1.68 bits per heavy atom. The number of hydrogen-bond acceptors (Lipinski definition) is 3. The van der Waals surface area contributed by atoms with Crippen LogP contribution in [0.5, 0.6) is 0 Å². The third-order valence-electron chi connectivity index (χ3n) is 6.78. The number of nitrogens with zero attached hydrogens (tertiary/aromatic N) is 2. The summed E-state index contributed by atoms with van der Waals surface area (Å²) in [6.45, 7) is 5.36. The van der Waals surface area contributed by atoms with Gasteiger partial charge < -0.3 is 14.9 Å². The van der Waals surface area contributed by atoms with Crippen molar-refractivity contribution in [3.05, 3.63) is 60.2 Å². The molecule has 3 nitrogen and oxygen atoms in total. The maximum atomic E-state index is 12.0. The topological polar surface area (TPSA) is 26.7 Å². The van der Waals surface area contributed by atoms with Gasteiger partial charge in [0, 0.05) is 38.6 Å². The lowest BCUT2D eigenvalue weighted by Crippen LogP contribution is -2.49. The third kappa shape index (κ3) is 4.32. The van der Waals surface area contributed by atoms with Crippen LogP contribution in [0, 0.1) is 0 Å². The zero-order valence-electron chi connectivity index (χ0n) is 17.2. The normalized spacial score (nSPS) is 27.2. The molecule has 1 saturated heterocycles. The third-order valence-corrected chi connectivity index (χ3v) is 6.78. The number of benzene rings is 2. The van der Waals surface area contributed by atoms with Gasteiger partial charge in [-0.05, 0) is 55.5 Å². The van der Waals surface area contributed by atoms with Crippen molar-refractivity contribution in [2.24, 2.45) is 0 Å². The van der Waals surface area contributed by atoms with E-state index in [1.165, 1.54) is 16.3 Å². The van der Waals surface area contributed by atoms with Crippen molar-refractivity contribution in [1.82, 2.24) is 9.80 Å². The quantitative estimate of drug-likeness (QED) is 0.798. The van der Waals surface area contributed by atoms with Gasteiger partial charge in [0.05, 0.1) is 5.60 Å². The van der Waals surface area contributed by atoms with E-state index in [0.29, 0.717) is 0 Å². The molecule has 2 aromatic carbocycles. The van der Waals surface area contributed by atoms with E-state index in [1.807, 2.05) is 0 Å². The first kappa shape index (κ1) is 19.6. The molecule has 0 aromatic heterocycles. The molecule has 2 atom stereocenters. The van der Waals surface area contributed by atoms with Crippen LogP contribution in [0.4, 0.5) is 0 Å². The van der Waals surface area contributed by atoms with Gasteiger partial charge in [-0.1, -0.05) is 54.6 Å². The zero-order chi connectivity index (χ0) is 19.4. The second-order valence-corrected chi connectivity index (χ2v) is 8.73. The summed E-state index contributed by atoms with van der Waals surface area (Å²) in [4.78, 5) is 4.97. The average molecular weight is 379 g/mol. The standard InChI is InChI=1S/C25H34N2O/c1-26-16-18-27(19-17-26)20-24(25(28)14-7-3-2-4-8-15-25)23-13-9-11-21-10-5-6-12-22(21)23/h2-3,5-6,9-13,24,28H,4,7-8,14-20H2,1H3/b3-2-. The largest absolute Gasteiger partial charge is 0.389 e. The van der Waals surface area contributed by atoms with Gasteiger partial charge >= 0.3 is 0 Å². The number of rotatable bonds is 4. The van der Waals surface area contributed by atoms with Crippen LogP contribution in [-0.4, -0.2) is 60.3 Å². The Kier molecular flexibility index (Phi) is 6.15. The lowest BCUT2D eigenvalue weighted by atomic mass is 9.73. The van der Waals surface area contributed by atoms with Crippen LogP contribution in [0.25, 0.3) is 10.8 Å². The van der Waals surface area contributed by atoms with E-state index in [0.717, 1.165) is 64.8 Å². The highest BCUT2D eigenvalue weighted by molar-refractivity contribution is 5.86. The van der Waals surface area contributed by atoms with E-state index >= 15 is 0 Å². The highest BCUT2D eigenvalue weighted by atomic mass is 16.3. The van der Waals surface area contributed by atoms with Gasteiger partial charge in [0.15, 0.2) is 0 Å². The molecule has 3 heteroatoms. The first-order chi connectivity index (χ1) is 13.7. The summed E-state index contributed by atoms with van der Waals surface area (Å²) in [6.07, 6.45) is 9.41. The molecule has 0 saturated carbocycles. The van der Waals surface area contributed by atoms with Crippen molar-refractivity contribution >= 4 is 10.8 Å². The number of piperazine rings is 1. The Morgan fingerprint density at radius 1 is 0.929 bits per heavy atom. The fourth-order valence-electron chi connectivity index (χ4n) is 4.97. The van der Waals surface area contributed by atoms with Gasteiger partial charge in [-0.2, -0.15) is 0 Å². The first-order valence-corrected chi connectivity index (χ1v) is 10.9. The fraction of sp³-hybridized carbons (Fsp3) is 0.520. The monoisotopic (exact) mass is 378 g/mol. The molecule has 1 aliphatic carbocycles. The van der Waals surface area contributed by atoms with Gasteiger partial charge in [-0.3, -0.25) is 0 Å². The summed E-state index contributed by atoms with van der Waals surface area (Å²) in [6, 6.07) is 15.3. The van der Waals surface area contributed by atoms with Crippen LogP contribution in [0.3, 0.4) is 0 Å². The average Bonchev–Trinajstić information content (AvgIpc) is 2.70. The van der Waals surface area contributed by atoms with Crippen molar-refractivity contribution in [2.75, 3.05) is 39.8 Å². The molecule has 2 aliphatic rings. The van der Waals surface area contributed by atoms with Gasteiger partial charge in [0.2, 0.25) is 0 Å². The summed E-state index contributed by atoms with van der Waals surface area (Å²) >= 11 is 0. The summed E-state index contributed by atoms with van der Waals surface area (Å²) in [5.74, 6) is 0.147. The number of aliphatic hydroxyl groups is 1. The summed E-state index contributed by atoms with van der Waals surface area (Å²) in [5.41, 5.74) is 0.683. The number of allylic oxidation sites excluding steroid dienone is 2. The Balaban J connectivity index is 1.71. The molecule has 1 heterocycles. The minimum Gasteiger partial charge on any atom is -0.389 e. The smallest absolute Gasteiger partial charge is 0.0731 e. The molecule has 0 amide bonds. The summed E-state index contributed by atoms with van der Waals surface area (Å²) in [5, 5.41) is 14.5. The van der Waals surface area contributed by atoms with Crippen LogP contribution in [-0.2, 0) is 0 Å². The summed E-state index contributed by atoms with van der Waals surface area (Å²) < 4.78 is 0. The van der Waals surface area contributed by atoms with Crippen LogP contribution in [0.15, 0.2) is 54.6 Å². The minimum absolute atomic E-state index is 0.147. The first-order valence-electron chi connectivity index (χ1n) is 10.9. The van der Waals surface area contributed by atoms with Crippen LogP contribution in [0.2, 0.25) is 0 Å². The highest BCUT2D eigenvalue weighted by Gasteiger charge is 2.39. The molecule has 2 unspecified atom stereocenters. The molecule has 28 heavy (non-hydrogen) atoms. The van der Waals surface area contributed by atoms with Crippen LogP contribution < -0.4 is 0 Å². The zero-order valence-corrected chi connectivity index (χ0v) is 17.2. The van der Waals surface area contributed by atoms with Gasteiger partial charge in [-0.25, -0.2) is 0 Å². The fourth-order valence-corrected chi connectivity index (χ4v) is 4.97. The second-order valence-electron chi connectivity index (χ2n) is 8.73. The molecule has 1 fully saturated rings. The van der Waals surface area contributed by atoms with Crippen LogP contribution >= 0.6 is 0 Å². The molecule has 0 bridgehead atoms. The lowest BCUT2D eigenvalue weighted by molar-refractivity contribution is -0.0197. The number of hydrogen-bond donors (Lipinski definition) is 1. The Morgan fingerprint density at radius 3 is 2.54 bits per heavy atom. The van der Waals surface area contributed by atoms with Crippen molar-refractivity contribution in [1.29, 1.82) is 0 Å². The van der Waals surface area contributed by atoms with Crippen molar-refractivity contribution in [3.8, 4) is 0 Å². The highest BCUT2D eigenvalue weighted by Crippen LogP contribution is 2.40. The molecule has 2 aromatic rings. The molecule has 0 radical (unpaired) electrons. The minimum atomic E-state index is -0.641. The Bertz CT molecular complexity index is 804. The number of fused-ring (bicyclic) bond motifs is 1. The number of likely N-dealkylation sites (N-methyl/N-ethyl adjacent to an activating group) is 1. The van der Waals surface area contributed by atoms with Crippen molar-refractivity contribution in [3.63, 3.8) is 0 Å². The molecular formula is C25H34N2O. The predicted octanol–water partition coefficient (Wildman–Crippen LogP) is 4.42. The maximum absolute atomic E-state index is 12.0. The van der Waals surface area contributed by atoms with Crippen molar-refractivity contribution in [2.45, 2.75) is 43.6 Å². The SMILES string of the molecule is CN1CCN(CC(c2cccc3ccccc23)C2(O)CC/C=C\CCC2)CC1. The van der Waals surface area contributed by atoms with E-state index in [1.54, 1.807) is 0 Å². The second kappa shape index (κ2) is 8.77. The van der Waals surface area contributed by atoms with E-state index in [2.05, 4.69) is 71.5 Å². The van der Waals surface area contributed by atoms with E-state index < -0.39 is 5.60 Å². The lowest BCUT2D eigenvalue weighted by Gasteiger charge is -2.42. The molecule has 4 rings (SSSR count). The molecule has 150 valence electrons. The van der Waals surface area contributed by atoms with Gasteiger partial charge in [-0.15, -0.1) is 0 Å². The maximum Gasteiger partial charge on any atom is 0.0731 e. The molecular weight excluding hydrogens is 344 g/mol. The Hall–Kier alpha value is -1.68. The Labute approximate surface area is 169 Å². The van der Waals surface area contributed by atoms with Crippen molar-refractivity contribution < 1.29 is 5.11 Å². The van der Waals surface area contributed by atoms with Crippen LogP contribution in [0.1, 0.15) is 43.6 Å². The predicted molar refractivity (Wildman–Crippen MR) is 118 cm³/mol.